The average molecular weight is 337 g/mol. The lowest BCUT2D eigenvalue weighted by atomic mass is 10.1. The molecule has 2 nitrogen and oxygen atoms in total. The predicted octanol–water partition coefficient (Wildman–Crippen LogP) is 3.75. The van der Waals surface area contributed by atoms with Crippen molar-refractivity contribution in [2.24, 2.45) is 0 Å². The summed E-state index contributed by atoms with van der Waals surface area (Å²) in [4.78, 5) is 12.7. The first-order valence-corrected chi connectivity index (χ1v) is 7.91. The summed E-state index contributed by atoms with van der Waals surface area (Å²) < 4.78 is 13.0. The monoisotopic (exact) mass is 336 g/mol. The number of benzene rings is 2. The zero-order chi connectivity index (χ0) is 13.8. The van der Waals surface area contributed by atoms with Gasteiger partial charge >= 0.3 is 0 Å². The molecule has 2 aromatic rings. The van der Waals surface area contributed by atoms with E-state index >= 15 is 0 Å². The summed E-state index contributed by atoms with van der Waals surface area (Å²) in [5, 5.41) is 0. The molecule has 2 aromatic carbocycles. The van der Waals surface area contributed by atoms with Crippen LogP contribution in [-0.2, 0) is 10.8 Å². The van der Waals surface area contributed by atoms with E-state index in [1.807, 2.05) is 31.2 Å². The van der Waals surface area contributed by atoms with Gasteiger partial charge in [-0.1, -0.05) is 45.8 Å². The lowest BCUT2D eigenvalue weighted by Gasteiger charge is -2.03. The highest BCUT2D eigenvalue weighted by Gasteiger charge is 2.12. The number of hydrogen-bond donors (Lipinski definition) is 0. The molecule has 0 saturated carbocycles. The Morgan fingerprint density at radius 1 is 1.05 bits per heavy atom. The molecule has 0 fully saturated rings. The van der Waals surface area contributed by atoms with Gasteiger partial charge < -0.3 is 0 Å². The van der Waals surface area contributed by atoms with Gasteiger partial charge in [-0.3, -0.25) is 9.00 Å². The van der Waals surface area contributed by atoms with Crippen LogP contribution in [-0.4, -0.2) is 15.7 Å². The number of ketones is 1. The molecule has 0 aliphatic carbocycles. The Morgan fingerprint density at radius 3 is 2.21 bits per heavy atom. The molecular formula is C15H13BrO2S. The highest BCUT2D eigenvalue weighted by molar-refractivity contribution is 9.10. The summed E-state index contributed by atoms with van der Waals surface area (Å²) >= 11 is 3.32. The lowest BCUT2D eigenvalue weighted by Crippen LogP contribution is -2.11. The molecule has 1 unspecified atom stereocenters. The van der Waals surface area contributed by atoms with Gasteiger partial charge in [-0.15, -0.1) is 0 Å². The third-order valence-corrected chi connectivity index (χ3v) is 4.56. The van der Waals surface area contributed by atoms with E-state index in [1.54, 1.807) is 24.3 Å². The first-order chi connectivity index (χ1) is 9.06. The first-order valence-electron chi connectivity index (χ1n) is 5.80. The smallest absolute Gasteiger partial charge is 0.175 e. The summed E-state index contributed by atoms with van der Waals surface area (Å²) in [6.45, 7) is 1.97. The van der Waals surface area contributed by atoms with Gasteiger partial charge in [-0.25, -0.2) is 0 Å². The third kappa shape index (κ3) is 3.85. The number of halogens is 1. The summed E-state index contributed by atoms with van der Waals surface area (Å²) in [5.74, 6) is -0.0775. The van der Waals surface area contributed by atoms with Gasteiger partial charge in [0, 0.05) is 14.9 Å². The van der Waals surface area contributed by atoms with E-state index in [0.717, 1.165) is 10.0 Å². The van der Waals surface area contributed by atoms with Gasteiger partial charge in [0.15, 0.2) is 5.78 Å². The summed E-state index contributed by atoms with van der Waals surface area (Å²) in [6.07, 6.45) is 0. The van der Waals surface area contributed by atoms with Crippen molar-refractivity contribution < 1.29 is 9.00 Å². The molecular weight excluding hydrogens is 324 g/mol. The third-order valence-electron chi connectivity index (χ3n) is 2.71. The minimum absolute atomic E-state index is 0.0185. The Hall–Kier alpha value is -1.26. The quantitative estimate of drug-likeness (QED) is 0.797. The minimum Gasteiger partial charge on any atom is -0.293 e. The SMILES string of the molecule is Cc1ccc(C(=O)CS(=O)c2ccc(Br)cc2)cc1. The van der Waals surface area contributed by atoms with E-state index in [4.69, 9.17) is 0 Å². The molecule has 2 rings (SSSR count). The number of carbonyl (C=O) groups is 1. The molecule has 19 heavy (non-hydrogen) atoms. The maximum absolute atomic E-state index is 12.1. The molecule has 0 aliphatic heterocycles. The highest BCUT2D eigenvalue weighted by Crippen LogP contribution is 2.14. The van der Waals surface area contributed by atoms with Gasteiger partial charge in [0.05, 0.1) is 16.6 Å². The van der Waals surface area contributed by atoms with Crippen LogP contribution in [0.15, 0.2) is 57.9 Å². The van der Waals surface area contributed by atoms with E-state index in [9.17, 15) is 9.00 Å². The van der Waals surface area contributed by atoms with E-state index in [-0.39, 0.29) is 11.5 Å². The molecule has 0 aliphatic rings. The molecule has 0 saturated heterocycles. The van der Waals surface area contributed by atoms with Gasteiger partial charge in [0.25, 0.3) is 0 Å². The normalized spacial score (nSPS) is 12.1. The molecule has 0 heterocycles. The van der Waals surface area contributed by atoms with E-state index in [2.05, 4.69) is 15.9 Å². The lowest BCUT2D eigenvalue weighted by molar-refractivity contribution is 0.102. The second-order valence-electron chi connectivity index (χ2n) is 4.23. The maximum Gasteiger partial charge on any atom is 0.175 e. The Balaban J connectivity index is 2.08. The van der Waals surface area contributed by atoms with Gasteiger partial charge in [-0.2, -0.15) is 0 Å². The molecule has 1 atom stereocenters. The molecule has 0 bridgehead atoms. The number of rotatable bonds is 4. The Bertz CT molecular complexity index is 548. The molecule has 0 aromatic heterocycles. The molecule has 0 N–H and O–H groups in total. The number of Topliss-reactive ketones (excluding diaryl/α,β-unsaturated/α-hetero) is 1. The minimum atomic E-state index is -1.30. The Labute approximate surface area is 123 Å². The summed E-state index contributed by atoms with van der Waals surface area (Å²) in [5.41, 5.74) is 1.71. The fourth-order valence-corrected chi connectivity index (χ4v) is 2.89. The fourth-order valence-electron chi connectivity index (χ4n) is 1.61. The Kier molecular flexibility index (Phi) is 4.66. The van der Waals surface area contributed by atoms with E-state index in [0.29, 0.717) is 10.5 Å². The number of hydrogen-bond acceptors (Lipinski definition) is 2. The maximum atomic E-state index is 12.1. The van der Waals surface area contributed by atoms with Crippen LogP contribution in [0.25, 0.3) is 0 Å². The van der Waals surface area contributed by atoms with Crippen molar-refractivity contribution in [2.45, 2.75) is 11.8 Å². The Morgan fingerprint density at radius 2 is 1.63 bits per heavy atom. The van der Waals surface area contributed by atoms with Crippen LogP contribution < -0.4 is 0 Å². The molecule has 0 amide bonds. The van der Waals surface area contributed by atoms with Gasteiger partial charge in [0.2, 0.25) is 0 Å². The van der Waals surface area contributed by atoms with E-state index < -0.39 is 10.8 Å². The number of carbonyl (C=O) groups excluding carboxylic acids is 1. The van der Waals surface area contributed by atoms with Crippen molar-refractivity contribution >= 4 is 32.5 Å². The highest BCUT2D eigenvalue weighted by atomic mass is 79.9. The average Bonchev–Trinajstić information content (AvgIpc) is 2.40. The van der Waals surface area contributed by atoms with Crippen molar-refractivity contribution in [1.29, 1.82) is 0 Å². The summed E-state index contributed by atoms with van der Waals surface area (Å²) in [6, 6.07) is 14.5. The van der Waals surface area contributed by atoms with Crippen LogP contribution in [0.1, 0.15) is 15.9 Å². The second-order valence-corrected chi connectivity index (χ2v) is 6.60. The van der Waals surface area contributed by atoms with Crippen molar-refractivity contribution in [3.63, 3.8) is 0 Å². The molecule has 0 spiro atoms. The molecule has 98 valence electrons. The zero-order valence-electron chi connectivity index (χ0n) is 10.4. The van der Waals surface area contributed by atoms with Crippen LogP contribution in [0.3, 0.4) is 0 Å². The van der Waals surface area contributed by atoms with Crippen LogP contribution in [0, 0.1) is 6.92 Å². The van der Waals surface area contributed by atoms with Gasteiger partial charge in [0.1, 0.15) is 0 Å². The van der Waals surface area contributed by atoms with Crippen molar-refractivity contribution in [3.05, 3.63) is 64.1 Å². The predicted molar refractivity (Wildman–Crippen MR) is 80.9 cm³/mol. The first kappa shape index (κ1) is 14.2. The molecule has 0 radical (unpaired) electrons. The van der Waals surface area contributed by atoms with Gasteiger partial charge in [-0.05, 0) is 31.2 Å². The fraction of sp³-hybridized carbons (Fsp3) is 0.133. The standard InChI is InChI=1S/C15H13BrO2S/c1-11-2-4-12(5-3-11)15(17)10-19(18)14-8-6-13(16)7-9-14/h2-9H,10H2,1H3. The van der Waals surface area contributed by atoms with Crippen molar-refractivity contribution in [3.8, 4) is 0 Å². The zero-order valence-corrected chi connectivity index (χ0v) is 12.8. The van der Waals surface area contributed by atoms with Crippen molar-refractivity contribution in [1.82, 2.24) is 0 Å². The summed E-state index contributed by atoms with van der Waals surface area (Å²) in [7, 11) is -1.30. The topological polar surface area (TPSA) is 34.1 Å². The van der Waals surface area contributed by atoms with Crippen LogP contribution >= 0.6 is 15.9 Å². The van der Waals surface area contributed by atoms with Crippen LogP contribution in [0.5, 0.6) is 0 Å². The van der Waals surface area contributed by atoms with Crippen LogP contribution in [0.4, 0.5) is 0 Å². The largest absolute Gasteiger partial charge is 0.293 e. The van der Waals surface area contributed by atoms with Crippen molar-refractivity contribution in [2.75, 3.05) is 5.75 Å². The second kappa shape index (κ2) is 6.26. The van der Waals surface area contributed by atoms with E-state index in [1.165, 1.54) is 0 Å². The number of aryl methyl sites for hydroxylation is 1. The molecule has 4 heteroatoms. The van der Waals surface area contributed by atoms with Crippen LogP contribution in [0.2, 0.25) is 0 Å².